The van der Waals surface area contributed by atoms with E-state index >= 15 is 0 Å². The van der Waals surface area contributed by atoms with Crippen molar-refractivity contribution in [2.24, 2.45) is 0 Å². The van der Waals surface area contributed by atoms with Crippen LogP contribution in [0.2, 0.25) is 0 Å². The number of carboxylic acid groups (broad SMARTS) is 1. The van der Waals surface area contributed by atoms with Crippen LogP contribution in [0.15, 0.2) is 40.8 Å². The second-order valence-electron chi connectivity index (χ2n) is 7.60. The van der Waals surface area contributed by atoms with Crippen molar-refractivity contribution < 1.29 is 33.0 Å². The van der Waals surface area contributed by atoms with Crippen molar-refractivity contribution in [2.75, 3.05) is 6.54 Å². The monoisotopic (exact) mass is 413 g/mol. The van der Waals surface area contributed by atoms with Gasteiger partial charge < -0.3 is 24.3 Å². The number of halogens is 1. The summed E-state index contributed by atoms with van der Waals surface area (Å²) in [5, 5.41) is 12.8. The summed E-state index contributed by atoms with van der Waals surface area (Å²) in [6, 6.07) is 8.59. The number of aromatic carboxylic acids is 1. The third-order valence-corrected chi connectivity index (χ3v) is 4.93. The molecule has 7 nitrogen and oxygen atoms in total. The molecule has 0 saturated carbocycles. The van der Waals surface area contributed by atoms with Gasteiger partial charge in [0.1, 0.15) is 28.5 Å². The summed E-state index contributed by atoms with van der Waals surface area (Å²) in [4.78, 5) is 23.7. The van der Waals surface area contributed by atoms with Gasteiger partial charge >= 0.3 is 12.1 Å². The molecule has 2 heterocycles. The van der Waals surface area contributed by atoms with Crippen LogP contribution >= 0.6 is 0 Å². The molecule has 4 rings (SSSR count). The van der Waals surface area contributed by atoms with Crippen LogP contribution in [-0.2, 0) is 10.3 Å². The quantitative estimate of drug-likeness (QED) is 0.630. The second kappa shape index (κ2) is 7.05. The summed E-state index contributed by atoms with van der Waals surface area (Å²) in [7, 11) is 0. The highest BCUT2D eigenvalue weighted by Crippen LogP contribution is 2.42. The molecule has 156 valence electrons. The number of rotatable bonds is 5. The smallest absolute Gasteiger partial charge is 0.408 e. The number of carbonyl (C=O) groups excluding carboxylic acids is 1. The summed E-state index contributed by atoms with van der Waals surface area (Å²) in [6.07, 6.45) is -0.752. The molecule has 3 aromatic rings. The first kappa shape index (κ1) is 19.8. The van der Waals surface area contributed by atoms with Gasteiger partial charge in [0.05, 0.1) is 12.6 Å². The Bertz CT molecular complexity index is 1150. The minimum Gasteiger partial charge on any atom is -0.491 e. The van der Waals surface area contributed by atoms with Gasteiger partial charge in [-0.1, -0.05) is 0 Å². The maximum Gasteiger partial charge on any atom is 0.408 e. The molecule has 1 fully saturated rings. The lowest BCUT2D eigenvalue weighted by Gasteiger charge is -2.25. The number of fused-ring (bicyclic) bond motifs is 1. The van der Waals surface area contributed by atoms with E-state index in [4.69, 9.17) is 13.9 Å². The first-order valence-corrected chi connectivity index (χ1v) is 9.42. The molecule has 2 N–H and O–H groups in total. The molecule has 1 atom stereocenters. The zero-order chi connectivity index (χ0) is 21.6. The molecule has 30 heavy (non-hydrogen) atoms. The van der Waals surface area contributed by atoms with Gasteiger partial charge in [-0.3, -0.25) is 0 Å². The van der Waals surface area contributed by atoms with E-state index in [0.717, 1.165) is 0 Å². The molecule has 1 aliphatic heterocycles. The number of hydrogen-bond donors (Lipinski definition) is 2. The van der Waals surface area contributed by atoms with Crippen LogP contribution in [0.3, 0.4) is 0 Å². The number of amides is 1. The van der Waals surface area contributed by atoms with E-state index in [0.29, 0.717) is 27.8 Å². The Kier molecular flexibility index (Phi) is 4.64. The zero-order valence-electron chi connectivity index (χ0n) is 16.6. The Morgan fingerprint density at radius 3 is 2.53 bits per heavy atom. The van der Waals surface area contributed by atoms with E-state index in [9.17, 15) is 19.1 Å². The topological polar surface area (TPSA) is 98.0 Å². The normalized spacial score (nSPS) is 18.5. The summed E-state index contributed by atoms with van der Waals surface area (Å²) in [5.41, 5.74) is 0.212. The Balaban J connectivity index is 1.97. The number of hydrogen-bond acceptors (Lipinski definition) is 5. The minimum atomic E-state index is -1.18. The van der Waals surface area contributed by atoms with Crippen LogP contribution in [0, 0.1) is 5.82 Å². The van der Waals surface area contributed by atoms with Crippen molar-refractivity contribution in [2.45, 2.75) is 32.5 Å². The molecular formula is C22H20FNO6. The Morgan fingerprint density at radius 2 is 1.97 bits per heavy atom. The average Bonchev–Trinajstić information content (AvgIpc) is 3.21. The summed E-state index contributed by atoms with van der Waals surface area (Å²) in [5.74, 6) is -1.12. The molecule has 0 bridgehead atoms. The SMILES string of the molecule is CC(C)Oc1cc2c(C(=O)O)c(-c3ccc(F)cc3)oc2cc1C1(C)CNC(=O)O1. The molecule has 0 radical (unpaired) electrons. The van der Waals surface area contributed by atoms with Gasteiger partial charge in [0.15, 0.2) is 5.60 Å². The minimum absolute atomic E-state index is 0.0524. The second-order valence-corrected chi connectivity index (χ2v) is 7.60. The largest absolute Gasteiger partial charge is 0.491 e. The number of carboxylic acids is 1. The third-order valence-electron chi connectivity index (χ3n) is 4.93. The third kappa shape index (κ3) is 3.34. The van der Waals surface area contributed by atoms with Gasteiger partial charge in [0.25, 0.3) is 0 Å². The molecule has 0 spiro atoms. The Morgan fingerprint density at radius 1 is 1.27 bits per heavy atom. The number of furan rings is 1. The van der Waals surface area contributed by atoms with Crippen molar-refractivity contribution in [1.82, 2.24) is 5.32 Å². The highest BCUT2D eigenvalue weighted by Gasteiger charge is 2.41. The highest BCUT2D eigenvalue weighted by molar-refractivity contribution is 6.08. The average molecular weight is 413 g/mol. The molecule has 8 heteroatoms. The molecule has 2 aromatic carbocycles. The van der Waals surface area contributed by atoms with Crippen molar-refractivity contribution in [1.29, 1.82) is 0 Å². The van der Waals surface area contributed by atoms with Gasteiger partial charge in [0, 0.05) is 16.5 Å². The Labute approximate surface area is 171 Å². The van der Waals surface area contributed by atoms with Crippen molar-refractivity contribution >= 4 is 23.0 Å². The first-order chi connectivity index (χ1) is 14.2. The van der Waals surface area contributed by atoms with Gasteiger partial charge in [0.2, 0.25) is 0 Å². The summed E-state index contributed by atoms with van der Waals surface area (Å²) in [6.45, 7) is 5.64. The summed E-state index contributed by atoms with van der Waals surface area (Å²) < 4.78 is 30.6. The van der Waals surface area contributed by atoms with E-state index in [1.165, 1.54) is 24.3 Å². The van der Waals surface area contributed by atoms with E-state index in [1.54, 1.807) is 19.1 Å². The fourth-order valence-electron chi connectivity index (χ4n) is 3.57. The van der Waals surface area contributed by atoms with Crippen LogP contribution in [0.25, 0.3) is 22.3 Å². The molecular weight excluding hydrogens is 393 g/mol. The van der Waals surface area contributed by atoms with Crippen LogP contribution in [0.5, 0.6) is 5.75 Å². The molecule has 1 saturated heterocycles. The molecule has 1 unspecified atom stereocenters. The van der Waals surface area contributed by atoms with E-state index in [1.807, 2.05) is 13.8 Å². The first-order valence-electron chi connectivity index (χ1n) is 9.42. The lowest BCUT2D eigenvalue weighted by atomic mass is 9.93. The molecule has 1 amide bonds. The van der Waals surface area contributed by atoms with Crippen LogP contribution in [-0.4, -0.2) is 29.8 Å². The number of cyclic esters (lactones) is 1. The standard InChI is InChI=1S/C22H20FNO6/c1-11(2)28-17-8-14-16(9-15(17)22(3)10-24-21(27)30-22)29-19(18(14)20(25)26)12-4-6-13(23)7-5-12/h4-9,11H,10H2,1-3H3,(H,24,27)(H,25,26). The predicted molar refractivity (Wildman–Crippen MR) is 106 cm³/mol. The van der Waals surface area contributed by atoms with Gasteiger partial charge in [-0.2, -0.15) is 0 Å². The van der Waals surface area contributed by atoms with E-state index in [-0.39, 0.29) is 24.0 Å². The van der Waals surface area contributed by atoms with Gasteiger partial charge in [-0.15, -0.1) is 0 Å². The van der Waals surface area contributed by atoms with Gasteiger partial charge in [-0.05, 0) is 57.2 Å². The highest BCUT2D eigenvalue weighted by atomic mass is 19.1. The lowest BCUT2D eigenvalue weighted by Crippen LogP contribution is -2.27. The summed E-state index contributed by atoms with van der Waals surface area (Å²) >= 11 is 0. The maximum absolute atomic E-state index is 13.3. The molecule has 1 aliphatic rings. The fourth-order valence-corrected chi connectivity index (χ4v) is 3.57. The molecule has 0 aliphatic carbocycles. The van der Waals surface area contributed by atoms with E-state index < -0.39 is 23.5 Å². The number of benzene rings is 2. The van der Waals surface area contributed by atoms with E-state index in [2.05, 4.69) is 5.32 Å². The fraction of sp³-hybridized carbons (Fsp3) is 0.273. The predicted octanol–water partition coefficient (Wildman–Crippen LogP) is 4.68. The lowest BCUT2D eigenvalue weighted by molar-refractivity contribution is 0.0665. The number of ether oxygens (including phenoxy) is 2. The van der Waals surface area contributed by atoms with Crippen LogP contribution in [0.1, 0.15) is 36.7 Å². The van der Waals surface area contributed by atoms with Crippen molar-refractivity contribution in [3.8, 4) is 17.1 Å². The number of carbonyl (C=O) groups is 2. The number of nitrogens with one attached hydrogen (secondary N) is 1. The van der Waals surface area contributed by atoms with Crippen LogP contribution < -0.4 is 10.1 Å². The Hall–Kier alpha value is -3.55. The van der Waals surface area contributed by atoms with Crippen molar-refractivity contribution in [3.63, 3.8) is 0 Å². The maximum atomic E-state index is 13.3. The number of alkyl carbamates (subject to hydrolysis) is 1. The molecule has 1 aromatic heterocycles. The van der Waals surface area contributed by atoms with Gasteiger partial charge in [-0.25, -0.2) is 14.0 Å². The van der Waals surface area contributed by atoms with Crippen LogP contribution in [0.4, 0.5) is 9.18 Å². The van der Waals surface area contributed by atoms with Crippen molar-refractivity contribution in [3.05, 3.63) is 53.3 Å². The zero-order valence-corrected chi connectivity index (χ0v) is 16.6.